The van der Waals surface area contributed by atoms with Gasteiger partial charge in [0.2, 0.25) is 0 Å². The van der Waals surface area contributed by atoms with Crippen LogP contribution < -0.4 is 10.6 Å². The number of amides is 1. The van der Waals surface area contributed by atoms with E-state index in [1.165, 1.54) is 18.4 Å². The molecule has 2 rings (SSSR count). The highest BCUT2D eigenvalue weighted by Crippen LogP contribution is 2.13. The van der Waals surface area contributed by atoms with E-state index in [2.05, 4.69) is 48.4 Å². The van der Waals surface area contributed by atoms with Crippen LogP contribution in [0.3, 0.4) is 0 Å². The molecule has 1 aliphatic heterocycles. The first-order valence-electron chi connectivity index (χ1n) is 9.42. The lowest BCUT2D eigenvalue weighted by Gasteiger charge is -2.24. The van der Waals surface area contributed by atoms with Gasteiger partial charge in [-0.25, -0.2) is 0 Å². The molecule has 1 aromatic rings. The van der Waals surface area contributed by atoms with Gasteiger partial charge in [-0.2, -0.15) is 0 Å². The molecular weight excluding hydrogens is 298 g/mol. The van der Waals surface area contributed by atoms with Crippen molar-refractivity contribution in [2.24, 2.45) is 5.92 Å². The fourth-order valence-electron chi connectivity index (χ4n) is 3.32. The topological polar surface area (TPSA) is 44.4 Å². The first-order valence-corrected chi connectivity index (χ1v) is 9.42. The average Bonchev–Trinajstić information content (AvgIpc) is 2.60. The van der Waals surface area contributed by atoms with E-state index >= 15 is 0 Å². The number of hydrogen-bond acceptors (Lipinski definition) is 3. The predicted octanol–water partition coefficient (Wildman–Crippen LogP) is 3.04. The van der Waals surface area contributed by atoms with Crippen LogP contribution in [0.4, 0.5) is 0 Å². The summed E-state index contributed by atoms with van der Waals surface area (Å²) in [6, 6.07) is 8.57. The third kappa shape index (κ3) is 5.91. The first-order chi connectivity index (χ1) is 11.6. The fraction of sp³-hybridized carbons (Fsp3) is 0.650. The second kappa shape index (κ2) is 9.80. The molecule has 4 heteroatoms. The molecule has 134 valence electrons. The summed E-state index contributed by atoms with van der Waals surface area (Å²) in [6.07, 6.45) is 3.60. The van der Waals surface area contributed by atoms with Gasteiger partial charge in [0.05, 0.1) is 0 Å². The van der Waals surface area contributed by atoms with Crippen molar-refractivity contribution >= 4 is 5.91 Å². The van der Waals surface area contributed by atoms with Crippen molar-refractivity contribution in [3.8, 4) is 0 Å². The van der Waals surface area contributed by atoms with Gasteiger partial charge in [-0.05, 0) is 76.4 Å². The Labute approximate surface area is 147 Å². The molecule has 1 fully saturated rings. The molecule has 1 heterocycles. The van der Waals surface area contributed by atoms with E-state index in [1.54, 1.807) is 0 Å². The van der Waals surface area contributed by atoms with Crippen LogP contribution in [0.2, 0.25) is 0 Å². The highest BCUT2D eigenvalue weighted by Gasteiger charge is 2.13. The maximum atomic E-state index is 12.2. The Morgan fingerprint density at radius 1 is 1.33 bits per heavy atom. The normalized spacial score (nSPS) is 18.1. The van der Waals surface area contributed by atoms with Crippen molar-refractivity contribution in [1.82, 2.24) is 15.5 Å². The van der Waals surface area contributed by atoms with Crippen molar-refractivity contribution in [1.29, 1.82) is 0 Å². The zero-order chi connectivity index (χ0) is 17.4. The summed E-state index contributed by atoms with van der Waals surface area (Å²) in [7, 11) is 0. The Hall–Kier alpha value is -1.39. The van der Waals surface area contributed by atoms with E-state index in [9.17, 15) is 4.79 Å². The van der Waals surface area contributed by atoms with Crippen LogP contribution in [-0.4, -0.2) is 43.0 Å². The van der Waals surface area contributed by atoms with E-state index in [0.717, 1.165) is 44.7 Å². The van der Waals surface area contributed by atoms with Gasteiger partial charge in [0.15, 0.2) is 0 Å². The molecule has 1 aliphatic rings. The molecule has 0 spiro atoms. The highest BCUT2D eigenvalue weighted by atomic mass is 16.1. The maximum Gasteiger partial charge on any atom is 0.251 e. The van der Waals surface area contributed by atoms with Crippen molar-refractivity contribution in [2.45, 2.75) is 52.6 Å². The summed E-state index contributed by atoms with van der Waals surface area (Å²) in [5.74, 6) is 0.749. The molecule has 0 radical (unpaired) electrons. The summed E-state index contributed by atoms with van der Waals surface area (Å²) < 4.78 is 0. The van der Waals surface area contributed by atoms with Crippen molar-refractivity contribution in [3.05, 3.63) is 35.4 Å². The molecule has 24 heavy (non-hydrogen) atoms. The van der Waals surface area contributed by atoms with E-state index in [4.69, 9.17) is 0 Å². The van der Waals surface area contributed by atoms with Crippen LogP contribution in [0.15, 0.2) is 24.3 Å². The van der Waals surface area contributed by atoms with Gasteiger partial charge in [-0.3, -0.25) is 9.69 Å². The Morgan fingerprint density at radius 2 is 2.08 bits per heavy atom. The molecular formula is C20H33N3O. The van der Waals surface area contributed by atoms with Crippen LogP contribution >= 0.6 is 0 Å². The molecule has 1 atom stereocenters. The second-order valence-corrected chi connectivity index (χ2v) is 7.11. The minimum atomic E-state index is 0.0431. The van der Waals surface area contributed by atoms with Crippen LogP contribution in [0, 0.1) is 5.92 Å². The van der Waals surface area contributed by atoms with Crippen molar-refractivity contribution in [3.63, 3.8) is 0 Å². The van der Waals surface area contributed by atoms with Crippen LogP contribution in [0.25, 0.3) is 0 Å². The van der Waals surface area contributed by atoms with Gasteiger partial charge in [-0.1, -0.05) is 19.1 Å². The predicted molar refractivity (Wildman–Crippen MR) is 100 cm³/mol. The van der Waals surface area contributed by atoms with Gasteiger partial charge in [0, 0.05) is 24.7 Å². The average molecular weight is 332 g/mol. The molecule has 0 bridgehead atoms. The number of nitrogens with zero attached hydrogens (tertiary/aromatic N) is 1. The number of rotatable bonds is 8. The lowest BCUT2D eigenvalue weighted by Crippen LogP contribution is -2.33. The second-order valence-electron chi connectivity index (χ2n) is 7.11. The number of carbonyl (C=O) groups excluding carboxylic acids is 1. The Kier molecular flexibility index (Phi) is 7.73. The van der Waals surface area contributed by atoms with Crippen LogP contribution in [0.5, 0.6) is 0 Å². The van der Waals surface area contributed by atoms with Gasteiger partial charge in [0.1, 0.15) is 0 Å². The minimum absolute atomic E-state index is 0.0431. The Morgan fingerprint density at radius 3 is 2.67 bits per heavy atom. The molecule has 0 aliphatic carbocycles. The zero-order valence-electron chi connectivity index (χ0n) is 15.5. The quantitative estimate of drug-likeness (QED) is 0.769. The lowest BCUT2D eigenvalue weighted by atomic mass is 9.96. The molecule has 0 saturated carbocycles. The number of nitrogens with one attached hydrogen (secondary N) is 2. The fourth-order valence-corrected chi connectivity index (χ4v) is 3.32. The van der Waals surface area contributed by atoms with Crippen molar-refractivity contribution in [2.75, 3.05) is 26.2 Å². The number of benzene rings is 1. The smallest absolute Gasteiger partial charge is 0.251 e. The number of carbonyl (C=O) groups is 1. The SMILES string of the molecule is CCN(Cc1ccc(C(=O)NCCC2CCCNC2)cc1)C(C)C. The van der Waals surface area contributed by atoms with Gasteiger partial charge in [0.25, 0.3) is 5.91 Å². The summed E-state index contributed by atoms with van der Waals surface area (Å²) in [6.45, 7) is 11.6. The summed E-state index contributed by atoms with van der Waals surface area (Å²) >= 11 is 0. The van der Waals surface area contributed by atoms with E-state index in [-0.39, 0.29) is 5.91 Å². The van der Waals surface area contributed by atoms with Crippen LogP contribution in [0.1, 0.15) is 56.0 Å². The molecule has 4 nitrogen and oxygen atoms in total. The van der Waals surface area contributed by atoms with Crippen molar-refractivity contribution < 1.29 is 4.79 Å². The summed E-state index contributed by atoms with van der Waals surface area (Å²) in [5, 5.41) is 6.48. The molecule has 1 amide bonds. The summed E-state index contributed by atoms with van der Waals surface area (Å²) in [5.41, 5.74) is 2.02. The van der Waals surface area contributed by atoms with Gasteiger partial charge < -0.3 is 10.6 Å². The third-order valence-corrected chi connectivity index (χ3v) is 4.98. The highest BCUT2D eigenvalue weighted by molar-refractivity contribution is 5.94. The van der Waals surface area contributed by atoms with E-state index in [0.29, 0.717) is 12.0 Å². The maximum absolute atomic E-state index is 12.2. The lowest BCUT2D eigenvalue weighted by molar-refractivity contribution is 0.0950. The van der Waals surface area contributed by atoms with E-state index in [1.807, 2.05) is 12.1 Å². The first kappa shape index (κ1) is 18.9. The standard InChI is InChI=1S/C20H33N3O/c1-4-23(16(2)3)15-18-7-9-19(10-8-18)20(24)22-13-11-17-6-5-12-21-14-17/h7-10,16-17,21H,4-6,11-15H2,1-3H3,(H,22,24). The molecule has 0 aromatic heterocycles. The van der Waals surface area contributed by atoms with Gasteiger partial charge >= 0.3 is 0 Å². The zero-order valence-corrected chi connectivity index (χ0v) is 15.5. The number of piperidine rings is 1. The Balaban J connectivity index is 1.78. The largest absolute Gasteiger partial charge is 0.352 e. The number of hydrogen-bond donors (Lipinski definition) is 2. The third-order valence-electron chi connectivity index (χ3n) is 4.98. The van der Waals surface area contributed by atoms with E-state index < -0.39 is 0 Å². The Bertz CT molecular complexity index is 492. The molecule has 1 saturated heterocycles. The van der Waals surface area contributed by atoms with Crippen LogP contribution in [-0.2, 0) is 6.54 Å². The molecule has 2 N–H and O–H groups in total. The van der Waals surface area contributed by atoms with Gasteiger partial charge in [-0.15, -0.1) is 0 Å². The molecule has 1 aromatic carbocycles. The molecule has 1 unspecified atom stereocenters. The minimum Gasteiger partial charge on any atom is -0.352 e. The summed E-state index contributed by atoms with van der Waals surface area (Å²) in [4.78, 5) is 14.7. The monoisotopic (exact) mass is 331 g/mol.